The molecule has 0 aromatic heterocycles. The minimum Gasteiger partial charge on any atom is -0.500 e. The molecule has 3 aliphatic rings. The van der Waals surface area contributed by atoms with E-state index in [2.05, 4.69) is 0 Å². The van der Waals surface area contributed by atoms with E-state index in [1.807, 2.05) is 0 Å². The Morgan fingerprint density at radius 2 is 2.10 bits per heavy atom. The first-order valence-corrected chi connectivity index (χ1v) is 6.36. The Morgan fingerprint density at radius 1 is 1.24 bits per heavy atom. The molecule has 0 N–H and O–H groups in total. The summed E-state index contributed by atoms with van der Waals surface area (Å²) in [6.07, 6.45) is 3.70. The van der Waals surface area contributed by atoms with Crippen LogP contribution >= 0.6 is 0 Å². The van der Waals surface area contributed by atoms with Crippen LogP contribution in [0.2, 0.25) is 0 Å². The van der Waals surface area contributed by atoms with Gasteiger partial charge in [0, 0.05) is 17.2 Å². The highest BCUT2D eigenvalue weighted by molar-refractivity contribution is 6.26. The highest BCUT2D eigenvalue weighted by Gasteiger charge is 2.34. The Balaban J connectivity index is 2.23. The minimum absolute atomic E-state index is 0.0736. The van der Waals surface area contributed by atoms with Gasteiger partial charge in [-0.05, 0) is 6.07 Å². The van der Waals surface area contributed by atoms with Crippen molar-refractivity contribution >= 4 is 29.5 Å². The maximum atomic E-state index is 12.0. The Morgan fingerprint density at radius 3 is 2.90 bits per heavy atom. The van der Waals surface area contributed by atoms with E-state index in [4.69, 9.17) is 18.9 Å². The zero-order valence-corrected chi connectivity index (χ0v) is 11.1. The van der Waals surface area contributed by atoms with Gasteiger partial charge in [-0.15, -0.1) is 0 Å². The van der Waals surface area contributed by atoms with Crippen molar-refractivity contribution in [1.29, 1.82) is 0 Å². The monoisotopic (exact) mass is 286 g/mol. The average molecular weight is 286 g/mol. The molecule has 21 heavy (non-hydrogen) atoms. The number of hydrogen-bond acceptors (Lipinski definition) is 6. The van der Waals surface area contributed by atoms with Crippen LogP contribution in [0.15, 0.2) is 12.1 Å². The van der Waals surface area contributed by atoms with Gasteiger partial charge in [0.2, 0.25) is 6.79 Å². The molecule has 0 unspecified atom stereocenters. The molecule has 0 bridgehead atoms. The van der Waals surface area contributed by atoms with Crippen LogP contribution in [0, 0.1) is 0 Å². The van der Waals surface area contributed by atoms with Gasteiger partial charge in [0.15, 0.2) is 0 Å². The number of methoxy groups -OCH3 is 1. The van der Waals surface area contributed by atoms with E-state index in [0.29, 0.717) is 45.1 Å². The standard InChI is InChI=1S/C15H10O6/c1-18-10-3-2-7-12-8(15(17)21-14(7)16)4-11-9(13(10)12)5-19-6-20-11/h2,4-5H,3,6H2,1H3. The Labute approximate surface area is 118 Å². The Bertz CT molecular complexity index is 846. The van der Waals surface area contributed by atoms with Crippen molar-refractivity contribution < 1.29 is 28.5 Å². The van der Waals surface area contributed by atoms with Crippen molar-refractivity contribution in [2.24, 2.45) is 0 Å². The number of cyclic esters (lactones) is 2. The van der Waals surface area contributed by atoms with Crippen LogP contribution < -0.4 is 15.2 Å². The van der Waals surface area contributed by atoms with Crippen molar-refractivity contribution in [2.75, 3.05) is 13.9 Å². The molecule has 0 atom stereocenters. The zero-order chi connectivity index (χ0) is 14.6. The first-order chi connectivity index (χ1) is 10.2. The van der Waals surface area contributed by atoms with Crippen molar-refractivity contribution in [3.05, 3.63) is 33.7 Å². The number of ether oxygens (including phenoxy) is 4. The summed E-state index contributed by atoms with van der Waals surface area (Å²) in [5.41, 5.74) is 1.21. The van der Waals surface area contributed by atoms with E-state index < -0.39 is 11.9 Å². The number of carbonyl (C=O) groups is 2. The summed E-state index contributed by atoms with van der Waals surface area (Å²) in [5.74, 6) is -0.151. The van der Waals surface area contributed by atoms with Gasteiger partial charge in [0.25, 0.3) is 0 Å². The molecule has 4 rings (SSSR count). The Hall–Kier alpha value is -2.76. The van der Waals surface area contributed by atoms with E-state index >= 15 is 0 Å². The third-order valence-corrected chi connectivity index (χ3v) is 3.72. The van der Waals surface area contributed by atoms with Gasteiger partial charge in [-0.3, -0.25) is 0 Å². The van der Waals surface area contributed by atoms with E-state index in [1.165, 1.54) is 0 Å². The number of fused-ring (bicyclic) bond motifs is 2. The second-order valence-corrected chi connectivity index (χ2v) is 4.76. The van der Waals surface area contributed by atoms with Crippen LogP contribution in [0.1, 0.15) is 22.3 Å². The van der Waals surface area contributed by atoms with E-state index in [0.717, 1.165) is 0 Å². The van der Waals surface area contributed by atoms with Crippen LogP contribution in [0.5, 0.6) is 5.75 Å². The van der Waals surface area contributed by atoms with E-state index in [9.17, 15) is 9.59 Å². The molecule has 106 valence electrons. The first kappa shape index (κ1) is 12.0. The average Bonchev–Trinajstić information content (AvgIpc) is 2.51. The highest BCUT2D eigenvalue weighted by atomic mass is 16.7. The fourth-order valence-corrected chi connectivity index (χ4v) is 2.82. The number of esters is 2. The van der Waals surface area contributed by atoms with Crippen LogP contribution in [0.25, 0.3) is 17.6 Å². The quantitative estimate of drug-likeness (QED) is 0.536. The second kappa shape index (κ2) is 4.12. The maximum absolute atomic E-state index is 12.0. The van der Waals surface area contributed by atoms with Gasteiger partial charge in [-0.1, -0.05) is 6.08 Å². The highest BCUT2D eigenvalue weighted by Crippen LogP contribution is 2.30. The van der Waals surface area contributed by atoms with Gasteiger partial charge in [0.05, 0.1) is 29.7 Å². The van der Waals surface area contributed by atoms with Crippen LogP contribution in [-0.4, -0.2) is 25.8 Å². The van der Waals surface area contributed by atoms with Crippen LogP contribution in [0.4, 0.5) is 0 Å². The molecule has 2 heterocycles. The second-order valence-electron chi connectivity index (χ2n) is 4.76. The Kier molecular flexibility index (Phi) is 2.35. The molecule has 2 aliphatic heterocycles. The smallest absolute Gasteiger partial charge is 0.346 e. The van der Waals surface area contributed by atoms with Gasteiger partial charge >= 0.3 is 11.9 Å². The van der Waals surface area contributed by atoms with Crippen LogP contribution in [0.3, 0.4) is 0 Å². The van der Waals surface area contributed by atoms with Crippen molar-refractivity contribution in [2.45, 2.75) is 6.42 Å². The summed E-state index contributed by atoms with van der Waals surface area (Å²) in [6, 6.07) is 1.58. The lowest BCUT2D eigenvalue weighted by atomic mass is 9.89. The molecule has 0 saturated heterocycles. The lowest BCUT2D eigenvalue weighted by Gasteiger charge is -2.24. The summed E-state index contributed by atoms with van der Waals surface area (Å²) in [6.45, 7) is 0.0736. The predicted octanol–water partition coefficient (Wildman–Crippen LogP) is 0.0298. The summed E-state index contributed by atoms with van der Waals surface area (Å²) >= 11 is 0. The fourth-order valence-electron chi connectivity index (χ4n) is 2.82. The summed E-state index contributed by atoms with van der Waals surface area (Å²) in [5, 5.41) is 1.33. The van der Waals surface area contributed by atoms with E-state index in [-0.39, 0.29) is 6.79 Å². The molecule has 6 nitrogen and oxygen atoms in total. The lowest BCUT2D eigenvalue weighted by molar-refractivity contribution is -0.131. The third kappa shape index (κ3) is 1.53. The molecule has 1 aromatic carbocycles. The topological polar surface area (TPSA) is 71.1 Å². The van der Waals surface area contributed by atoms with Gasteiger partial charge in [-0.2, -0.15) is 0 Å². The number of carbonyl (C=O) groups excluding carboxylic acids is 2. The van der Waals surface area contributed by atoms with Crippen molar-refractivity contribution in [3.63, 3.8) is 0 Å². The van der Waals surface area contributed by atoms with Crippen molar-refractivity contribution in [1.82, 2.24) is 0 Å². The number of hydrogen-bond donors (Lipinski definition) is 0. The number of benzene rings is 1. The normalized spacial score (nSPS) is 18.3. The molecule has 1 aliphatic carbocycles. The molecule has 6 heteroatoms. The summed E-state index contributed by atoms with van der Waals surface area (Å²) in [7, 11) is 1.55. The molecule has 0 fully saturated rings. The molecule has 0 amide bonds. The largest absolute Gasteiger partial charge is 0.500 e. The lowest BCUT2D eigenvalue weighted by Crippen LogP contribution is -2.41. The van der Waals surface area contributed by atoms with E-state index in [1.54, 1.807) is 25.5 Å². The zero-order valence-electron chi connectivity index (χ0n) is 11.1. The van der Waals surface area contributed by atoms with Gasteiger partial charge in [-0.25, -0.2) is 9.59 Å². The fraction of sp³-hybridized carbons (Fsp3) is 0.200. The molecule has 0 spiro atoms. The maximum Gasteiger partial charge on any atom is 0.346 e. The van der Waals surface area contributed by atoms with Crippen molar-refractivity contribution in [3.8, 4) is 5.75 Å². The van der Waals surface area contributed by atoms with Gasteiger partial charge in [0.1, 0.15) is 11.5 Å². The third-order valence-electron chi connectivity index (χ3n) is 3.72. The molecule has 1 aromatic rings. The molecular formula is C15H10O6. The SMILES string of the molecule is COC1=c2c3c(cc4c2=COCO4)C(=O)OC(=O)C3=CC1. The summed E-state index contributed by atoms with van der Waals surface area (Å²) in [4.78, 5) is 23.9. The minimum atomic E-state index is -0.677. The van der Waals surface area contributed by atoms with Gasteiger partial charge < -0.3 is 18.9 Å². The van der Waals surface area contributed by atoms with Crippen LogP contribution in [-0.2, 0) is 19.0 Å². The molecule has 0 radical (unpaired) electrons. The molecule has 0 saturated carbocycles. The number of rotatable bonds is 1. The summed E-state index contributed by atoms with van der Waals surface area (Å²) < 4.78 is 20.8. The molecular weight excluding hydrogens is 276 g/mol. The first-order valence-electron chi connectivity index (χ1n) is 6.36. The predicted molar refractivity (Wildman–Crippen MR) is 70.2 cm³/mol.